The van der Waals surface area contributed by atoms with E-state index in [-0.39, 0.29) is 5.54 Å². The van der Waals surface area contributed by atoms with Crippen molar-refractivity contribution in [2.75, 3.05) is 13.2 Å². The third-order valence-corrected chi connectivity index (χ3v) is 4.13. The Morgan fingerprint density at radius 2 is 1.69 bits per heavy atom. The molecule has 2 fully saturated rings. The van der Waals surface area contributed by atoms with Crippen molar-refractivity contribution in [2.45, 2.75) is 65.6 Å². The van der Waals surface area contributed by atoms with Gasteiger partial charge in [-0.25, -0.2) is 0 Å². The van der Waals surface area contributed by atoms with E-state index in [1.807, 2.05) is 0 Å². The largest absolute Gasteiger partial charge is 0.377 e. The lowest BCUT2D eigenvalue weighted by atomic mass is 9.77. The van der Waals surface area contributed by atoms with Crippen molar-refractivity contribution in [2.24, 2.45) is 11.3 Å². The molecule has 0 aromatic heterocycles. The Bertz CT molecular complexity index is 261. The molecule has 3 atom stereocenters. The molecule has 2 nitrogen and oxygen atoms in total. The maximum Gasteiger partial charge on any atom is 0.0746 e. The van der Waals surface area contributed by atoms with Crippen molar-refractivity contribution >= 4 is 0 Å². The molecule has 0 aromatic carbocycles. The fraction of sp³-hybridized carbons (Fsp3) is 1.00. The number of ether oxygens (including phenoxy) is 1. The molecule has 0 radical (unpaired) electrons. The lowest BCUT2D eigenvalue weighted by Gasteiger charge is -2.44. The molecule has 0 amide bonds. The summed E-state index contributed by atoms with van der Waals surface area (Å²) in [6.07, 6.45) is 1.74. The van der Waals surface area contributed by atoms with Crippen LogP contribution in [-0.2, 0) is 4.74 Å². The summed E-state index contributed by atoms with van der Waals surface area (Å²) in [6, 6.07) is 0.667. The van der Waals surface area contributed by atoms with E-state index in [0.29, 0.717) is 17.6 Å². The van der Waals surface area contributed by atoms with Crippen LogP contribution in [0.5, 0.6) is 0 Å². The summed E-state index contributed by atoms with van der Waals surface area (Å²) in [4.78, 5) is 2.67. The van der Waals surface area contributed by atoms with Gasteiger partial charge in [0.15, 0.2) is 0 Å². The van der Waals surface area contributed by atoms with E-state index in [2.05, 4.69) is 46.4 Å². The molecule has 2 aliphatic heterocycles. The Labute approximate surface area is 100 Å². The normalized spacial score (nSPS) is 36.8. The van der Waals surface area contributed by atoms with Gasteiger partial charge in [-0.05, 0) is 32.6 Å². The highest BCUT2D eigenvalue weighted by molar-refractivity contribution is 5.04. The van der Waals surface area contributed by atoms with Crippen molar-refractivity contribution in [3.8, 4) is 0 Å². The van der Waals surface area contributed by atoms with Crippen LogP contribution >= 0.6 is 0 Å². The second-order valence-corrected chi connectivity index (χ2v) is 7.50. The van der Waals surface area contributed by atoms with E-state index in [9.17, 15) is 0 Å². The Kier molecular flexibility index (Phi) is 2.87. The van der Waals surface area contributed by atoms with Gasteiger partial charge in [0.25, 0.3) is 0 Å². The predicted octanol–water partition coefficient (Wildman–Crippen LogP) is 2.92. The lowest BCUT2D eigenvalue weighted by molar-refractivity contribution is 0.0309. The van der Waals surface area contributed by atoms with Gasteiger partial charge in [0.1, 0.15) is 0 Å². The summed E-state index contributed by atoms with van der Waals surface area (Å²) in [7, 11) is 0. The predicted molar refractivity (Wildman–Crippen MR) is 67.5 cm³/mol. The van der Waals surface area contributed by atoms with Crippen LogP contribution < -0.4 is 0 Å². The van der Waals surface area contributed by atoms with Gasteiger partial charge in [-0.3, -0.25) is 4.90 Å². The highest BCUT2D eigenvalue weighted by atomic mass is 16.5. The first-order valence-electron chi connectivity index (χ1n) is 6.59. The monoisotopic (exact) mass is 225 g/mol. The van der Waals surface area contributed by atoms with Crippen LogP contribution in [-0.4, -0.2) is 35.7 Å². The average Bonchev–Trinajstić information content (AvgIpc) is 2.53. The zero-order chi connectivity index (χ0) is 12.1. The van der Waals surface area contributed by atoms with Gasteiger partial charge in [0, 0.05) is 30.7 Å². The molecule has 0 saturated carbocycles. The van der Waals surface area contributed by atoms with Crippen molar-refractivity contribution < 1.29 is 4.74 Å². The Balaban J connectivity index is 2.27. The van der Waals surface area contributed by atoms with Gasteiger partial charge in [-0.2, -0.15) is 0 Å². The number of fused-ring (bicyclic) bond motifs is 1. The molecule has 3 unspecified atom stereocenters. The minimum Gasteiger partial charge on any atom is -0.377 e. The molecular formula is C14H27NO. The molecule has 94 valence electrons. The summed E-state index contributed by atoms with van der Waals surface area (Å²) in [5.74, 6) is 0.749. The number of rotatable bonds is 0. The Hall–Kier alpha value is -0.0800. The van der Waals surface area contributed by atoms with Crippen LogP contribution in [0.4, 0.5) is 0 Å². The van der Waals surface area contributed by atoms with Gasteiger partial charge >= 0.3 is 0 Å². The van der Waals surface area contributed by atoms with Crippen LogP contribution in [0, 0.1) is 11.3 Å². The van der Waals surface area contributed by atoms with Crippen molar-refractivity contribution in [3.05, 3.63) is 0 Å². The van der Waals surface area contributed by atoms with Gasteiger partial charge in [0.05, 0.1) is 6.10 Å². The first-order valence-corrected chi connectivity index (χ1v) is 6.59. The number of nitrogens with zero attached hydrogens (tertiary/aromatic N) is 1. The molecule has 2 rings (SSSR count). The molecule has 0 N–H and O–H groups in total. The van der Waals surface area contributed by atoms with E-state index in [1.165, 1.54) is 6.42 Å². The van der Waals surface area contributed by atoms with E-state index >= 15 is 0 Å². The quantitative estimate of drug-likeness (QED) is 0.628. The standard InChI is InChI=1S/C14H27NO/c1-13(2,3)12-10-7-8-16-11(10)9-15(12)14(4,5)6/h10-12H,7-9H2,1-6H3. The number of likely N-dealkylation sites (tertiary alicyclic amines) is 1. The summed E-state index contributed by atoms with van der Waals surface area (Å²) in [6.45, 7) is 16.2. The molecule has 2 saturated heterocycles. The van der Waals surface area contributed by atoms with E-state index in [4.69, 9.17) is 4.74 Å². The molecule has 0 bridgehead atoms. The second kappa shape index (κ2) is 3.71. The van der Waals surface area contributed by atoms with Crippen LogP contribution in [0.15, 0.2) is 0 Å². The molecule has 0 spiro atoms. The van der Waals surface area contributed by atoms with E-state index in [1.54, 1.807) is 0 Å². The zero-order valence-electron chi connectivity index (χ0n) is 11.7. The molecule has 2 heteroatoms. The summed E-state index contributed by atoms with van der Waals surface area (Å²) in [5, 5.41) is 0. The lowest BCUT2D eigenvalue weighted by Crippen LogP contribution is -2.51. The van der Waals surface area contributed by atoms with E-state index in [0.717, 1.165) is 19.1 Å². The number of hydrogen-bond donors (Lipinski definition) is 0. The van der Waals surface area contributed by atoms with Crippen LogP contribution in [0.1, 0.15) is 48.0 Å². The van der Waals surface area contributed by atoms with Gasteiger partial charge in [-0.15, -0.1) is 0 Å². The highest BCUT2D eigenvalue weighted by Gasteiger charge is 2.52. The summed E-state index contributed by atoms with van der Waals surface area (Å²) >= 11 is 0. The second-order valence-electron chi connectivity index (χ2n) is 7.50. The maximum atomic E-state index is 5.89. The van der Waals surface area contributed by atoms with Crippen molar-refractivity contribution in [1.29, 1.82) is 0 Å². The molecule has 2 aliphatic rings. The first kappa shape index (κ1) is 12.4. The molecular weight excluding hydrogens is 198 g/mol. The smallest absolute Gasteiger partial charge is 0.0746 e. The summed E-state index contributed by atoms with van der Waals surface area (Å²) < 4.78 is 5.89. The van der Waals surface area contributed by atoms with Crippen LogP contribution in [0.25, 0.3) is 0 Å². The average molecular weight is 225 g/mol. The van der Waals surface area contributed by atoms with E-state index < -0.39 is 0 Å². The minimum absolute atomic E-state index is 0.256. The van der Waals surface area contributed by atoms with Gasteiger partial charge < -0.3 is 4.74 Å². The van der Waals surface area contributed by atoms with Crippen LogP contribution in [0.2, 0.25) is 0 Å². The zero-order valence-corrected chi connectivity index (χ0v) is 11.7. The van der Waals surface area contributed by atoms with Crippen molar-refractivity contribution in [3.63, 3.8) is 0 Å². The maximum absolute atomic E-state index is 5.89. The fourth-order valence-electron chi connectivity index (χ4n) is 3.55. The molecule has 16 heavy (non-hydrogen) atoms. The van der Waals surface area contributed by atoms with Crippen LogP contribution in [0.3, 0.4) is 0 Å². The first-order chi connectivity index (χ1) is 7.21. The Morgan fingerprint density at radius 1 is 1.06 bits per heavy atom. The van der Waals surface area contributed by atoms with Gasteiger partial charge in [0.2, 0.25) is 0 Å². The Morgan fingerprint density at radius 3 is 2.19 bits per heavy atom. The SMILES string of the molecule is CC(C)(C)C1C2CCOC2CN1C(C)(C)C. The fourth-order valence-corrected chi connectivity index (χ4v) is 3.55. The topological polar surface area (TPSA) is 12.5 Å². The summed E-state index contributed by atoms with van der Waals surface area (Å²) in [5.41, 5.74) is 0.603. The van der Waals surface area contributed by atoms with Crippen molar-refractivity contribution in [1.82, 2.24) is 4.90 Å². The number of hydrogen-bond acceptors (Lipinski definition) is 2. The highest BCUT2D eigenvalue weighted by Crippen LogP contribution is 2.45. The van der Waals surface area contributed by atoms with Gasteiger partial charge in [-0.1, -0.05) is 20.8 Å². The molecule has 2 heterocycles. The third kappa shape index (κ3) is 2.02. The third-order valence-electron chi connectivity index (χ3n) is 4.13. The molecule has 0 aromatic rings. The molecule has 0 aliphatic carbocycles. The minimum atomic E-state index is 0.256.